The summed E-state index contributed by atoms with van der Waals surface area (Å²) in [6, 6.07) is 0. The van der Waals surface area contributed by atoms with Gasteiger partial charge in [0, 0.05) is 26.4 Å². The molecule has 0 aromatic rings. The van der Waals surface area contributed by atoms with Gasteiger partial charge in [-0.15, -0.1) is 0 Å². The summed E-state index contributed by atoms with van der Waals surface area (Å²) in [6.07, 6.45) is 0.902. The van der Waals surface area contributed by atoms with E-state index in [1.165, 1.54) is 6.92 Å². The topological polar surface area (TPSA) is 26.3 Å². The number of esters is 1. The monoisotopic (exact) mass is 166 g/mol. The van der Waals surface area contributed by atoms with Crippen LogP contribution in [0.4, 0.5) is 0 Å². The molecule has 2 nitrogen and oxygen atoms in total. The molecule has 0 aliphatic carbocycles. The molecule has 0 spiro atoms. The molecule has 0 unspecified atom stereocenters. The van der Waals surface area contributed by atoms with Gasteiger partial charge in [0.2, 0.25) is 0 Å². The predicted molar refractivity (Wildman–Crippen MR) is 26.9 cm³/mol. The Labute approximate surface area is 62.4 Å². The summed E-state index contributed by atoms with van der Waals surface area (Å²) in [5.74, 6) is -0.193. The van der Waals surface area contributed by atoms with Crippen molar-refractivity contribution >= 4 is 5.97 Å². The van der Waals surface area contributed by atoms with E-state index in [4.69, 9.17) is 0 Å². The zero-order valence-corrected chi connectivity index (χ0v) is 8.40. The van der Waals surface area contributed by atoms with E-state index in [0.717, 1.165) is 6.42 Å². The molecule has 0 saturated carbocycles. The molecule has 0 atom stereocenters. The quantitative estimate of drug-likeness (QED) is 0.452. The maximum Gasteiger partial charge on any atom is 0.302 e. The van der Waals surface area contributed by atoms with E-state index < -0.39 is 0 Å². The fraction of sp³-hybridized carbons (Fsp3) is 0.800. The van der Waals surface area contributed by atoms with Crippen molar-refractivity contribution < 1.29 is 29.0 Å². The Morgan fingerprint density at radius 2 is 2.12 bits per heavy atom. The van der Waals surface area contributed by atoms with Crippen molar-refractivity contribution in [1.29, 1.82) is 0 Å². The molecule has 0 fully saturated rings. The zero-order valence-electron chi connectivity index (χ0n) is 5.44. The summed E-state index contributed by atoms with van der Waals surface area (Å²) in [5, 5.41) is 0. The van der Waals surface area contributed by atoms with Crippen LogP contribution in [0, 0.1) is 0 Å². The maximum atomic E-state index is 9.98. The van der Waals surface area contributed by atoms with Gasteiger partial charge >= 0.3 is 5.97 Å². The summed E-state index contributed by atoms with van der Waals surface area (Å²) in [6.45, 7) is 3.92. The van der Waals surface area contributed by atoms with Crippen molar-refractivity contribution in [2.24, 2.45) is 0 Å². The molecule has 0 aliphatic rings. The SMILES string of the molecule is CCCOC(C)=O.[Zn]. The third-order valence-electron chi connectivity index (χ3n) is 0.509. The fourth-order valence-electron chi connectivity index (χ4n) is 0.246. The molecule has 0 aromatic heterocycles. The van der Waals surface area contributed by atoms with Crippen LogP contribution in [0.3, 0.4) is 0 Å². The third kappa shape index (κ3) is 9.43. The number of hydrogen-bond donors (Lipinski definition) is 0. The summed E-state index contributed by atoms with van der Waals surface area (Å²) in [5.41, 5.74) is 0. The first-order chi connectivity index (χ1) is 3.27. The molecular weight excluding hydrogens is 157 g/mol. The Balaban J connectivity index is 0. The van der Waals surface area contributed by atoms with Gasteiger partial charge in [-0.2, -0.15) is 0 Å². The normalized spacial score (nSPS) is 7.25. The van der Waals surface area contributed by atoms with E-state index in [-0.39, 0.29) is 25.4 Å². The van der Waals surface area contributed by atoms with E-state index in [1.807, 2.05) is 6.92 Å². The zero-order chi connectivity index (χ0) is 5.70. The summed E-state index contributed by atoms with van der Waals surface area (Å²) >= 11 is 0. The minimum atomic E-state index is -0.193. The molecule has 0 saturated heterocycles. The van der Waals surface area contributed by atoms with Crippen LogP contribution < -0.4 is 0 Å². The second kappa shape index (κ2) is 7.09. The van der Waals surface area contributed by atoms with Gasteiger partial charge in [0.1, 0.15) is 0 Å². The van der Waals surface area contributed by atoms with E-state index in [1.54, 1.807) is 0 Å². The Morgan fingerprint density at radius 3 is 2.25 bits per heavy atom. The first-order valence-electron chi connectivity index (χ1n) is 2.40. The molecule has 0 rings (SSSR count). The van der Waals surface area contributed by atoms with Gasteiger partial charge in [0.25, 0.3) is 0 Å². The fourth-order valence-corrected chi connectivity index (χ4v) is 0.246. The molecule has 0 heterocycles. The van der Waals surface area contributed by atoms with Crippen LogP contribution in [0.15, 0.2) is 0 Å². The largest absolute Gasteiger partial charge is 0.466 e. The van der Waals surface area contributed by atoms with Crippen molar-refractivity contribution in [1.82, 2.24) is 0 Å². The van der Waals surface area contributed by atoms with Crippen molar-refractivity contribution in [3.63, 3.8) is 0 Å². The molecule has 0 bridgehead atoms. The van der Waals surface area contributed by atoms with Crippen LogP contribution in [0.5, 0.6) is 0 Å². The molecule has 0 N–H and O–H groups in total. The molecule has 3 heteroatoms. The smallest absolute Gasteiger partial charge is 0.302 e. The average molecular weight is 168 g/mol. The average Bonchev–Trinajstić information content (AvgIpc) is 1.61. The third-order valence-corrected chi connectivity index (χ3v) is 0.509. The van der Waals surface area contributed by atoms with Gasteiger partial charge in [-0.1, -0.05) is 6.92 Å². The van der Waals surface area contributed by atoms with Crippen LogP contribution in [-0.4, -0.2) is 12.6 Å². The molecule has 0 aromatic carbocycles. The van der Waals surface area contributed by atoms with Gasteiger partial charge < -0.3 is 4.74 Å². The number of rotatable bonds is 2. The van der Waals surface area contributed by atoms with E-state index >= 15 is 0 Å². The van der Waals surface area contributed by atoms with Crippen LogP contribution in [0.2, 0.25) is 0 Å². The predicted octanol–water partition coefficient (Wildman–Crippen LogP) is 0.957. The van der Waals surface area contributed by atoms with E-state index in [9.17, 15) is 4.79 Å². The number of carbonyl (C=O) groups is 1. The van der Waals surface area contributed by atoms with Crippen molar-refractivity contribution in [2.45, 2.75) is 20.3 Å². The number of ether oxygens (including phenoxy) is 1. The molecule has 8 heavy (non-hydrogen) atoms. The first kappa shape index (κ1) is 11.0. The number of hydrogen-bond acceptors (Lipinski definition) is 2. The molecule has 0 radical (unpaired) electrons. The second-order valence-electron chi connectivity index (χ2n) is 1.34. The first-order valence-corrected chi connectivity index (χ1v) is 2.40. The standard InChI is InChI=1S/C5H10O2.Zn/c1-3-4-7-5(2)6;/h3-4H2,1-2H3;. The molecule has 44 valence electrons. The summed E-state index contributed by atoms with van der Waals surface area (Å²) < 4.78 is 4.55. The van der Waals surface area contributed by atoms with E-state index in [0.29, 0.717) is 6.61 Å². The minimum Gasteiger partial charge on any atom is -0.466 e. The molecular formula is C5H10O2Zn. The van der Waals surface area contributed by atoms with E-state index in [2.05, 4.69) is 4.74 Å². The van der Waals surface area contributed by atoms with Gasteiger partial charge in [-0.25, -0.2) is 0 Å². The van der Waals surface area contributed by atoms with Crippen molar-refractivity contribution in [3.05, 3.63) is 0 Å². The Bertz CT molecular complexity index is 63.4. The molecule has 0 aliphatic heterocycles. The van der Waals surface area contributed by atoms with Gasteiger partial charge in [-0.05, 0) is 6.42 Å². The molecule has 0 amide bonds. The van der Waals surface area contributed by atoms with Gasteiger partial charge in [-0.3, -0.25) is 4.79 Å². The maximum absolute atomic E-state index is 9.98. The van der Waals surface area contributed by atoms with Crippen LogP contribution in [0.25, 0.3) is 0 Å². The Morgan fingerprint density at radius 1 is 1.62 bits per heavy atom. The summed E-state index contributed by atoms with van der Waals surface area (Å²) in [4.78, 5) is 9.98. The Hall–Kier alpha value is 0.0934. The van der Waals surface area contributed by atoms with Crippen molar-refractivity contribution in [2.75, 3.05) is 6.61 Å². The van der Waals surface area contributed by atoms with Crippen LogP contribution in [-0.2, 0) is 29.0 Å². The van der Waals surface area contributed by atoms with Gasteiger partial charge in [0.15, 0.2) is 0 Å². The van der Waals surface area contributed by atoms with Crippen LogP contribution in [0.1, 0.15) is 20.3 Å². The minimum absolute atomic E-state index is 0. The Kier molecular flexibility index (Phi) is 9.72. The van der Waals surface area contributed by atoms with Gasteiger partial charge in [0.05, 0.1) is 6.61 Å². The summed E-state index contributed by atoms with van der Waals surface area (Å²) in [7, 11) is 0. The second-order valence-corrected chi connectivity index (χ2v) is 1.34. The number of carbonyl (C=O) groups excluding carboxylic acids is 1. The van der Waals surface area contributed by atoms with Crippen molar-refractivity contribution in [3.8, 4) is 0 Å². The van der Waals surface area contributed by atoms with Crippen LogP contribution >= 0.6 is 0 Å².